The van der Waals surface area contributed by atoms with Crippen LogP contribution in [-0.2, 0) is 20.1 Å². The molecule has 9 heteroatoms. The molecule has 8 aromatic rings. The summed E-state index contributed by atoms with van der Waals surface area (Å²) in [6.07, 6.45) is 6.75. The summed E-state index contributed by atoms with van der Waals surface area (Å²) in [5.74, 6) is -2.28. The van der Waals surface area contributed by atoms with Gasteiger partial charge in [0, 0.05) is 67.3 Å². The molecule has 4 heterocycles. The summed E-state index contributed by atoms with van der Waals surface area (Å²) in [4.78, 5) is 27.0. The van der Waals surface area contributed by atoms with Crippen LogP contribution >= 0.6 is 0 Å². The third-order valence-electron chi connectivity index (χ3n) is 7.45. The first-order valence-electron chi connectivity index (χ1n) is 15.2. The van der Waals surface area contributed by atoms with Crippen LogP contribution in [0.2, 0.25) is 0 Å². The van der Waals surface area contributed by atoms with Gasteiger partial charge in [0.25, 0.3) is 0 Å². The van der Waals surface area contributed by atoms with Gasteiger partial charge >= 0.3 is 5.97 Å². The second kappa shape index (κ2) is 16.9. The molecule has 6 nitrogen and oxygen atoms in total. The molecule has 8 rings (SSSR count). The number of carbonyl (C=O) groups is 1. The van der Waals surface area contributed by atoms with Gasteiger partial charge < -0.3 is 10.1 Å². The van der Waals surface area contributed by atoms with Crippen molar-refractivity contribution in [2.75, 3.05) is 0 Å². The smallest absolute Gasteiger partial charge is 0.354 e. The van der Waals surface area contributed by atoms with Crippen LogP contribution in [0, 0.1) is 17.7 Å². The normalized spacial score (nSPS) is 10.2. The van der Waals surface area contributed by atoms with E-state index in [-0.39, 0.29) is 31.4 Å². The van der Waals surface area contributed by atoms with E-state index in [1.54, 1.807) is 36.5 Å². The molecule has 0 saturated carbocycles. The van der Waals surface area contributed by atoms with Gasteiger partial charge in [-0.15, -0.1) is 12.1 Å². The fourth-order valence-electron chi connectivity index (χ4n) is 5.21. The SMILES string of the molecule is Fc1c[c-]c(-c2ccccn2)c(F)c1.O=C(O)c1ccccn1.[Ir].c1ccc(-c2ccnc3c2ccc2c(-c4ccccc4)ccnc23)cc1. The van der Waals surface area contributed by atoms with Crippen LogP contribution in [0.1, 0.15) is 10.5 Å². The maximum Gasteiger partial charge on any atom is 0.354 e. The zero-order valence-electron chi connectivity index (χ0n) is 26.2. The van der Waals surface area contributed by atoms with Gasteiger partial charge in [0.1, 0.15) is 5.69 Å². The molecule has 50 heavy (non-hydrogen) atoms. The van der Waals surface area contributed by atoms with Crippen molar-refractivity contribution in [3.8, 4) is 33.5 Å². The molecule has 0 fully saturated rings. The molecular weight excluding hydrogens is 811 g/mol. The van der Waals surface area contributed by atoms with E-state index in [1.807, 2.05) is 24.5 Å². The monoisotopic (exact) mass is 838 g/mol. The Morgan fingerprint density at radius 2 is 1.10 bits per heavy atom. The molecule has 4 aromatic carbocycles. The first-order chi connectivity index (χ1) is 24.0. The number of benzene rings is 4. The molecule has 0 aliphatic heterocycles. The Labute approximate surface area is 300 Å². The molecule has 1 radical (unpaired) electrons. The van der Waals surface area contributed by atoms with Crippen LogP contribution in [-0.4, -0.2) is 31.0 Å². The molecule has 0 amide bonds. The second-order valence-corrected chi connectivity index (χ2v) is 10.6. The molecule has 1 N–H and O–H groups in total. The Morgan fingerprint density at radius 3 is 1.54 bits per heavy atom. The van der Waals surface area contributed by atoms with Gasteiger partial charge in [-0.2, -0.15) is 0 Å². The van der Waals surface area contributed by atoms with Crippen LogP contribution < -0.4 is 0 Å². The van der Waals surface area contributed by atoms with E-state index in [4.69, 9.17) is 5.11 Å². The van der Waals surface area contributed by atoms with Crippen molar-refractivity contribution in [3.63, 3.8) is 0 Å². The number of aromatic nitrogens is 4. The number of nitrogens with zero attached hydrogens (tertiary/aromatic N) is 4. The van der Waals surface area contributed by atoms with Crippen molar-refractivity contribution < 1.29 is 38.8 Å². The van der Waals surface area contributed by atoms with Gasteiger partial charge in [0.05, 0.1) is 11.0 Å². The molecule has 0 spiro atoms. The minimum atomic E-state index is -0.990. The van der Waals surface area contributed by atoms with Gasteiger partial charge in [-0.3, -0.25) is 18.7 Å². The first-order valence-corrected chi connectivity index (χ1v) is 15.2. The molecule has 0 aliphatic carbocycles. The average Bonchev–Trinajstić information content (AvgIpc) is 3.16. The van der Waals surface area contributed by atoms with Crippen LogP contribution in [0.15, 0.2) is 158 Å². The number of carboxylic acids is 1. The van der Waals surface area contributed by atoms with Crippen molar-refractivity contribution >= 4 is 27.8 Å². The van der Waals surface area contributed by atoms with Crippen molar-refractivity contribution in [1.29, 1.82) is 0 Å². The minimum absolute atomic E-state index is 0. The zero-order chi connectivity index (χ0) is 34.0. The van der Waals surface area contributed by atoms with Crippen molar-refractivity contribution in [3.05, 3.63) is 182 Å². The molecule has 247 valence electrons. The summed E-state index contributed by atoms with van der Waals surface area (Å²) in [5.41, 5.74) is 7.36. The molecule has 4 aromatic heterocycles. The number of hydrogen-bond donors (Lipinski definition) is 1. The Balaban J connectivity index is 0.000000170. The quantitative estimate of drug-likeness (QED) is 0.140. The van der Waals surface area contributed by atoms with Crippen LogP contribution in [0.5, 0.6) is 0 Å². The number of rotatable bonds is 4. The number of pyridine rings is 4. The molecular formula is C41H27F2IrN4O2-. The summed E-state index contributed by atoms with van der Waals surface area (Å²) in [7, 11) is 0. The number of aromatic carboxylic acids is 1. The van der Waals surface area contributed by atoms with Crippen LogP contribution in [0.25, 0.3) is 55.3 Å². The number of halogens is 2. The maximum absolute atomic E-state index is 13.2. The first kappa shape index (κ1) is 35.3. The van der Waals surface area contributed by atoms with E-state index in [0.717, 1.165) is 33.9 Å². The third kappa shape index (κ3) is 8.33. The predicted octanol–water partition coefficient (Wildman–Crippen LogP) is 9.72. The van der Waals surface area contributed by atoms with Crippen molar-refractivity contribution in [1.82, 2.24) is 19.9 Å². The van der Waals surface area contributed by atoms with E-state index in [0.29, 0.717) is 5.69 Å². The molecule has 0 aliphatic rings. The van der Waals surface area contributed by atoms with Crippen molar-refractivity contribution in [2.45, 2.75) is 0 Å². The Morgan fingerprint density at radius 1 is 0.580 bits per heavy atom. The summed E-state index contributed by atoms with van der Waals surface area (Å²) in [5, 5.41) is 10.6. The van der Waals surface area contributed by atoms with Gasteiger partial charge in [0.2, 0.25) is 0 Å². The zero-order valence-corrected chi connectivity index (χ0v) is 28.6. The van der Waals surface area contributed by atoms with E-state index < -0.39 is 17.6 Å². The Hall–Kier alpha value is -6.02. The minimum Gasteiger partial charge on any atom is -0.477 e. The average molecular weight is 838 g/mol. The van der Waals surface area contributed by atoms with Gasteiger partial charge in [-0.25, -0.2) is 9.78 Å². The summed E-state index contributed by atoms with van der Waals surface area (Å²) >= 11 is 0. The fraction of sp³-hybridized carbons (Fsp3) is 0. The number of hydrogen-bond acceptors (Lipinski definition) is 5. The second-order valence-electron chi connectivity index (χ2n) is 10.6. The topological polar surface area (TPSA) is 88.9 Å². The fourth-order valence-corrected chi connectivity index (χ4v) is 5.21. The summed E-state index contributed by atoms with van der Waals surface area (Å²) < 4.78 is 25.8. The van der Waals surface area contributed by atoms with Crippen molar-refractivity contribution in [2.24, 2.45) is 0 Å². The Bertz CT molecular complexity index is 2230. The van der Waals surface area contributed by atoms with Gasteiger partial charge in [-0.1, -0.05) is 103 Å². The summed E-state index contributed by atoms with van der Waals surface area (Å²) in [6.45, 7) is 0. The number of carboxylic acid groups (broad SMARTS) is 1. The van der Waals surface area contributed by atoms with Gasteiger partial charge in [-0.05, 0) is 58.3 Å². The third-order valence-corrected chi connectivity index (χ3v) is 7.45. The molecule has 0 bridgehead atoms. The molecule has 0 unspecified atom stereocenters. The maximum atomic E-state index is 13.2. The largest absolute Gasteiger partial charge is 0.477 e. The van der Waals surface area contributed by atoms with E-state index in [1.165, 1.54) is 34.5 Å². The van der Waals surface area contributed by atoms with E-state index >= 15 is 0 Å². The molecule has 0 saturated heterocycles. The molecule has 0 atom stereocenters. The van der Waals surface area contributed by atoms with Crippen LogP contribution in [0.3, 0.4) is 0 Å². The Kier molecular flexibility index (Phi) is 11.9. The standard InChI is InChI=1S/C24H16N2.C11H6F2N.C6H5NO2.Ir/c1-3-7-17(8-4-1)19-13-15-25-23-21(19)11-12-22-20(14-16-26-24(22)23)18-9-5-2-6-10-18;12-8-4-5-9(10(13)7-8)11-3-1-2-6-14-11;8-6(9)5-3-1-2-4-7-5;/h1-16H;1-4,6-7H;1-4H,(H,8,9);/q;-1;;. The van der Waals surface area contributed by atoms with E-state index in [9.17, 15) is 13.6 Å². The predicted molar refractivity (Wildman–Crippen MR) is 188 cm³/mol. The van der Waals surface area contributed by atoms with E-state index in [2.05, 4.69) is 98.8 Å². The van der Waals surface area contributed by atoms with Gasteiger partial charge in [0.15, 0.2) is 0 Å². The summed E-state index contributed by atoms with van der Waals surface area (Å²) in [6, 6.07) is 43.6. The number of fused-ring (bicyclic) bond motifs is 3. The van der Waals surface area contributed by atoms with Crippen LogP contribution in [0.4, 0.5) is 8.78 Å².